The third kappa shape index (κ3) is 10.4. The van der Waals surface area contributed by atoms with Gasteiger partial charge >= 0.3 is 0 Å². The normalized spacial score (nSPS) is 14.9. The van der Waals surface area contributed by atoms with Crippen molar-refractivity contribution in [3.8, 4) is 0 Å². The van der Waals surface area contributed by atoms with Crippen LogP contribution in [0, 0.1) is 5.41 Å². The van der Waals surface area contributed by atoms with Crippen LogP contribution in [0.2, 0.25) is 0 Å². The highest BCUT2D eigenvalue weighted by Crippen LogP contribution is 2.03. The van der Waals surface area contributed by atoms with Gasteiger partial charge in [0.05, 0.1) is 6.04 Å². The number of imide groups is 1. The summed E-state index contributed by atoms with van der Waals surface area (Å²) in [6.07, 6.45) is 2.32. The van der Waals surface area contributed by atoms with Crippen LogP contribution in [0.15, 0.2) is 0 Å². The Morgan fingerprint density at radius 1 is 0.912 bits per heavy atom. The second-order valence-corrected chi connectivity index (χ2v) is 7.80. The SMILES string of the molecule is CC(=O)N(C(=O)[C@H](C)NC(=O)[C@H](C)NC(=O)[C@H](C)NC(=O)[C@H](N)CCCNC(=N)N)[C@@H](C)[C]=O. The minimum absolute atomic E-state index is 0.189. The Labute approximate surface area is 198 Å². The molecule has 5 atom stereocenters. The average Bonchev–Trinajstić information content (AvgIpc) is 2.75. The molecular weight excluding hydrogens is 448 g/mol. The molecule has 0 fully saturated rings. The first-order chi connectivity index (χ1) is 15.7. The monoisotopic (exact) mass is 483 g/mol. The first kappa shape index (κ1) is 30.4. The fourth-order valence-electron chi connectivity index (χ4n) is 2.75. The first-order valence-corrected chi connectivity index (χ1v) is 10.7. The summed E-state index contributed by atoms with van der Waals surface area (Å²) in [5.41, 5.74) is 10.9. The van der Waals surface area contributed by atoms with Gasteiger partial charge in [-0.1, -0.05) is 0 Å². The summed E-state index contributed by atoms with van der Waals surface area (Å²) in [6, 6.07) is -5.23. The van der Waals surface area contributed by atoms with Crippen molar-refractivity contribution >= 4 is 41.8 Å². The molecule has 0 aromatic carbocycles. The average molecular weight is 484 g/mol. The third-order valence-electron chi connectivity index (χ3n) is 4.71. The number of hydrogen-bond acceptors (Lipinski definition) is 8. The number of carbonyl (C=O) groups excluding carboxylic acids is 6. The Balaban J connectivity index is 4.73. The van der Waals surface area contributed by atoms with Gasteiger partial charge in [-0.3, -0.25) is 39.1 Å². The van der Waals surface area contributed by atoms with Crippen molar-refractivity contribution in [1.29, 1.82) is 5.41 Å². The van der Waals surface area contributed by atoms with Crippen molar-refractivity contribution < 1.29 is 28.8 Å². The lowest BCUT2D eigenvalue weighted by molar-refractivity contribution is -0.147. The van der Waals surface area contributed by atoms with E-state index < -0.39 is 59.7 Å². The van der Waals surface area contributed by atoms with E-state index in [-0.39, 0.29) is 5.96 Å². The summed E-state index contributed by atoms with van der Waals surface area (Å²) >= 11 is 0. The van der Waals surface area contributed by atoms with Gasteiger partial charge in [-0.05, 0) is 40.5 Å². The van der Waals surface area contributed by atoms with E-state index in [2.05, 4.69) is 21.3 Å². The number of nitrogens with one attached hydrogen (secondary N) is 5. The molecule has 0 aromatic heterocycles. The minimum atomic E-state index is -1.15. The number of hydrogen-bond donors (Lipinski definition) is 7. The number of carbonyl (C=O) groups is 5. The molecule has 5 amide bonds. The van der Waals surface area contributed by atoms with Gasteiger partial charge in [0.1, 0.15) is 24.2 Å². The third-order valence-corrected chi connectivity index (χ3v) is 4.71. The quantitative estimate of drug-likeness (QED) is 0.0800. The molecule has 0 unspecified atom stereocenters. The minimum Gasteiger partial charge on any atom is -0.370 e. The van der Waals surface area contributed by atoms with Crippen molar-refractivity contribution in [2.75, 3.05) is 6.54 Å². The van der Waals surface area contributed by atoms with Crippen molar-refractivity contribution in [2.45, 2.75) is 77.7 Å². The summed E-state index contributed by atoms with van der Waals surface area (Å²) < 4.78 is 0. The van der Waals surface area contributed by atoms with Gasteiger partial charge in [0.15, 0.2) is 5.96 Å². The molecule has 0 heterocycles. The van der Waals surface area contributed by atoms with Gasteiger partial charge in [-0.2, -0.15) is 0 Å². The van der Waals surface area contributed by atoms with Crippen LogP contribution < -0.4 is 32.7 Å². The Kier molecular flexibility index (Phi) is 13.0. The highest BCUT2D eigenvalue weighted by molar-refractivity contribution is 6.01. The van der Waals surface area contributed by atoms with E-state index in [0.29, 0.717) is 24.3 Å². The van der Waals surface area contributed by atoms with Crippen molar-refractivity contribution in [2.24, 2.45) is 11.5 Å². The fraction of sp³-hybridized carbons (Fsp3) is 0.650. The predicted octanol–water partition coefficient (Wildman–Crippen LogP) is -3.04. The van der Waals surface area contributed by atoms with Gasteiger partial charge in [-0.15, -0.1) is 0 Å². The molecule has 0 saturated heterocycles. The van der Waals surface area contributed by atoms with Crippen molar-refractivity contribution in [3.63, 3.8) is 0 Å². The smallest absolute Gasteiger partial charge is 0.252 e. The van der Waals surface area contributed by atoms with Gasteiger partial charge < -0.3 is 32.7 Å². The van der Waals surface area contributed by atoms with Crippen LogP contribution in [-0.4, -0.2) is 83.4 Å². The van der Waals surface area contributed by atoms with Gasteiger partial charge in [0.2, 0.25) is 29.9 Å². The predicted molar refractivity (Wildman–Crippen MR) is 123 cm³/mol. The number of guanidine groups is 1. The Morgan fingerprint density at radius 3 is 1.82 bits per heavy atom. The van der Waals surface area contributed by atoms with E-state index in [1.165, 1.54) is 27.7 Å². The zero-order chi connectivity index (χ0) is 26.6. The van der Waals surface area contributed by atoms with Crippen molar-refractivity contribution in [1.82, 2.24) is 26.2 Å². The molecule has 0 spiro atoms. The topological polar surface area (TPSA) is 230 Å². The summed E-state index contributed by atoms with van der Waals surface area (Å²) in [4.78, 5) is 72.5. The Bertz CT molecular complexity index is 789. The van der Waals surface area contributed by atoms with Crippen molar-refractivity contribution in [3.05, 3.63) is 0 Å². The molecule has 0 saturated carbocycles. The largest absolute Gasteiger partial charge is 0.370 e. The molecule has 0 rings (SSSR count). The maximum absolute atomic E-state index is 12.4. The molecule has 0 aliphatic heterocycles. The lowest BCUT2D eigenvalue weighted by Gasteiger charge is -2.26. The van der Waals surface area contributed by atoms with Crippen LogP contribution in [0.4, 0.5) is 0 Å². The molecule has 14 nitrogen and oxygen atoms in total. The molecule has 1 radical (unpaired) electrons. The van der Waals surface area contributed by atoms with Gasteiger partial charge in [0.25, 0.3) is 5.91 Å². The van der Waals surface area contributed by atoms with E-state index in [0.717, 1.165) is 6.92 Å². The van der Waals surface area contributed by atoms with Gasteiger partial charge in [-0.25, -0.2) is 0 Å². The summed E-state index contributed by atoms with van der Waals surface area (Å²) in [6.45, 7) is 6.91. The highest BCUT2D eigenvalue weighted by atomic mass is 16.2. The Morgan fingerprint density at radius 2 is 1.38 bits per heavy atom. The zero-order valence-corrected chi connectivity index (χ0v) is 20.1. The summed E-state index contributed by atoms with van der Waals surface area (Å²) in [7, 11) is 0. The highest BCUT2D eigenvalue weighted by Gasteiger charge is 2.31. The molecular formula is C20H35N8O6. The van der Waals surface area contributed by atoms with E-state index in [4.69, 9.17) is 16.9 Å². The molecule has 14 heteroatoms. The molecule has 34 heavy (non-hydrogen) atoms. The van der Waals surface area contributed by atoms with Crippen LogP contribution in [0.25, 0.3) is 0 Å². The number of rotatable bonds is 13. The molecule has 0 aliphatic rings. The molecule has 191 valence electrons. The van der Waals surface area contributed by atoms with Gasteiger partial charge in [0, 0.05) is 13.5 Å². The number of amides is 5. The lowest BCUT2D eigenvalue weighted by Crippen LogP contribution is -2.57. The van der Waals surface area contributed by atoms with Crippen LogP contribution in [0.5, 0.6) is 0 Å². The maximum atomic E-state index is 12.4. The van der Waals surface area contributed by atoms with E-state index in [1.807, 2.05) is 0 Å². The van der Waals surface area contributed by atoms with Crippen LogP contribution >= 0.6 is 0 Å². The number of nitrogens with two attached hydrogens (primary N) is 2. The second kappa shape index (κ2) is 14.6. The second-order valence-electron chi connectivity index (χ2n) is 7.80. The standard InChI is InChI=1S/C20H35N8O6/c1-10(9-29)28(14(5)30)19(34)13(4)27-17(32)11(2)25-16(31)12(3)26-18(33)15(21)7-6-8-24-20(22)23/h10-13,15H,6-8,21H2,1-5H3,(H,25,31)(H,26,33)(H,27,32)(H4,22,23,24)/t10-,11-,12-,13-,15+/m0/s1. The molecule has 9 N–H and O–H groups in total. The first-order valence-electron chi connectivity index (χ1n) is 10.7. The van der Waals surface area contributed by atoms with Crippen LogP contribution in [0.1, 0.15) is 47.5 Å². The maximum Gasteiger partial charge on any atom is 0.252 e. The molecule has 0 aliphatic carbocycles. The lowest BCUT2D eigenvalue weighted by atomic mass is 10.1. The van der Waals surface area contributed by atoms with E-state index in [1.54, 1.807) is 6.29 Å². The molecule has 0 bridgehead atoms. The summed E-state index contributed by atoms with van der Waals surface area (Å²) in [5, 5.41) is 16.9. The summed E-state index contributed by atoms with van der Waals surface area (Å²) in [5.74, 6) is -3.61. The van der Waals surface area contributed by atoms with E-state index in [9.17, 15) is 28.8 Å². The molecule has 0 aromatic rings. The number of nitrogens with zero attached hydrogens (tertiary/aromatic N) is 1. The van der Waals surface area contributed by atoms with Crippen LogP contribution in [-0.2, 0) is 28.8 Å². The van der Waals surface area contributed by atoms with E-state index >= 15 is 0 Å². The zero-order valence-electron chi connectivity index (χ0n) is 20.1. The fourth-order valence-corrected chi connectivity index (χ4v) is 2.75. The van der Waals surface area contributed by atoms with Crippen LogP contribution in [0.3, 0.4) is 0 Å². The Hall–Kier alpha value is -3.55.